The molecule has 3 nitrogen and oxygen atoms in total. The summed E-state index contributed by atoms with van der Waals surface area (Å²) in [6.45, 7) is 1.93. The summed E-state index contributed by atoms with van der Waals surface area (Å²) in [6.07, 6.45) is 0.683. The maximum Gasteiger partial charge on any atom is 0.258 e. The maximum atomic E-state index is 13.8. The van der Waals surface area contributed by atoms with Crippen LogP contribution in [-0.2, 0) is 6.42 Å². The molecule has 0 aliphatic rings. The van der Waals surface area contributed by atoms with Gasteiger partial charge in [-0.15, -0.1) is 0 Å². The fourth-order valence-corrected chi connectivity index (χ4v) is 2.35. The predicted octanol–water partition coefficient (Wildman–Crippen LogP) is 4.12. The molecule has 0 aliphatic carbocycles. The lowest BCUT2D eigenvalue weighted by molar-refractivity contribution is 0.102. The van der Waals surface area contributed by atoms with Gasteiger partial charge < -0.3 is 11.1 Å². The molecular weight excluding hydrogens is 342 g/mol. The molecule has 110 valence electrons. The highest BCUT2D eigenvalue weighted by Gasteiger charge is 2.17. The third kappa shape index (κ3) is 3.39. The van der Waals surface area contributed by atoms with Gasteiger partial charge in [-0.2, -0.15) is 0 Å². The molecule has 21 heavy (non-hydrogen) atoms. The molecule has 0 spiro atoms. The average molecular weight is 355 g/mol. The number of aryl methyl sites for hydroxylation is 1. The van der Waals surface area contributed by atoms with E-state index in [9.17, 15) is 13.6 Å². The number of rotatable bonds is 3. The van der Waals surface area contributed by atoms with Crippen LogP contribution in [0.1, 0.15) is 22.8 Å². The first-order valence-electron chi connectivity index (χ1n) is 6.26. The van der Waals surface area contributed by atoms with Gasteiger partial charge in [0.25, 0.3) is 5.91 Å². The van der Waals surface area contributed by atoms with Gasteiger partial charge in [-0.3, -0.25) is 4.79 Å². The third-order valence-corrected chi connectivity index (χ3v) is 3.50. The first kappa shape index (κ1) is 15.4. The van der Waals surface area contributed by atoms with Gasteiger partial charge in [0, 0.05) is 10.2 Å². The van der Waals surface area contributed by atoms with Crippen molar-refractivity contribution in [2.75, 3.05) is 11.1 Å². The van der Waals surface area contributed by atoms with E-state index in [1.165, 1.54) is 0 Å². The molecule has 3 N–H and O–H groups in total. The molecule has 2 aromatic rings. The van der Waals surface area contributed by atoms with Crippen molar-refractivity contribution in [2.45, 2.75) is 13.3 Å². The molecule has 2 aromatic carbocycles. The number of amides is 1. The van der Waals surface area contributed by atoms with Crippen molar-refractivity contribution in [3.05, 3.63) is 57.6 Å². The number of hydrogen-bond donors (Lipinski definition) is 2. The Hall–Kier alpha value is -1.95. The fraction of sp³-hybridized carbons (Fsp3) is 0.133. The molecule has 0 saturated heterocycles. The van der Waals surface area contributed by atoms with Crippen LogP contribution in [0.15, 0.2) is 34.8 Å². The molecule has 6 heteroatoms. The van der Waals surface area contributed by atoms with Crippen molar-refractivity contribution in [3.8, 4) is 0 Å². The Morgan fingerprint density at radius 2 is 2.00 bits per heavy atom. The fourth-order valence-electron chi connectivity index (χ4n) is 1.94. The number of nitrogens with two attached hydrogens (primary N) is 1. The van der Waals surface area contributed by atoms with Crippen LogP contribution in [0.4, 0.5) is 20.2 Å². The molecule has 0 aromatic heterocycles. The van der Waals surface area contributed by atoms with Crippen LogP contribution < -0.4 is 11.1 Å². The van der Waals surface area contributed by atoms with Gasteiger partial charge in [-0.05, 0) is 42.3 Å². The minimum Gasteiger partial charge on any atom is -0.396 e. The maximum absolute atomic E-state index is 13.8. The van der Waals surface area contributed by atoms with Crippen LogP contribution in [0, 0.1) is 11.6 Å². The lowest BCUT2D eigenvalue weighted by Crippen LogP contribution is -2.16. The molecule has 2 rings (SSSR count). The highest BCUT2D eigenvalue weighted by atomic mass is 79.9. The summed E-state index contributed by atoms with van der Waals surface area (Å²) in [5.41, 5.74) is 5.94. The summed E-state index contributed by atoms with van der Waals surface area (Å²) in [6, 6.07) is 6.97. The Bertz CT molecular complexity index is 704. The van der Waals surface area contributed by atoms with Crippen molar-refractivity contribution in [1.82, 2.24) is 0 Å². The minimum absolute atomic E-state index is 0.397. The molecule has 0 fully saturated rings. The van der Waals surface area contributed by atoms with Gasteiger partial charge in [0.1, 0.15) is 5.82 Å². The Kier molecular flexibility index (Phi) is 4.57. The van der Waals surface area contributed by atoms with Crippen molar-refractivity contribution < 1.29 is 13.6 Å². The predicted molar refractivity (Wildman–Crippen MR) is 82.2 cm³/mol. The number of nitrogens with one attached hydrogen (secondary N) is 1. The highest BCUT2D eigenvalue weighted by molar-refractivity contribution is 9.10. The minimum atomic E-state index is -0.927. The van der Waals surface area contributed by atoms with E-state index in [2.05, 4.69) is 21.2 Å². The summed E-state index contributed by atoms with van der Waals surface area (Å²) in [5.74, 6) is -2.43. The van der Waals surface area contributed by atoms with Crippen LogP contribution in [0.5, 0.6) is 0 Å². The zero-order valence-corrected chi connectivity index (χ0v) is 12.8. The summed E-state index contributed by atoms with van der Waals surface area (Å²) in [7, 11) is 0. The number of nitrogen functional groups attached to an aromatic ring is 1. The standard InChI is InChI=1S/C15H13BrF2N2O/c1-2-8-5-9(16)3-4-13(8)20-15(21)11-6-10(17)7-12(19)14(11)18/h3-7H,2,19H2,1H3,(H,20,21). The number of carbonyl (C=O) groups excluding carboxylic acids is 1. The third-order valence-electron chi connectivity index (χ3n) is 3.01. The Morgan fingerprint density at radius 1 is 1.29 bits per heavy atom. The summed E-state index contributed by atoms with van der Waals surface area (Å²) in [5, 5.41) is 2.58. The van der Waals surface area contributed by atoms with Gasteiger partial charge in [-0.25, -0.2) is 8.78 Å². The highest BCUT2D eigenvalue weighted by Crippen LogP contribution is 2.24. The SMILES string of the molecule is CCc1cc(Br)ccc1NC(=O)c1cc(F)cc(N)c1F. The lowest BCUT2D eigenvalue weighted by Gasteiger charge is -2.11. The van der Waals surface area contributed by atoms with E-state index in [-0.39, 0.29) is 0 Å². The molecule has 0 aliphatic heterocycles. The Morgan fingerprint density at radius 3 is 2.67 bits per heavy atom. The smallest absolute Gasteiger partial charge is 0.258 e. The molecule has 0 heterocycles. The van der Waals surface area contributed by atoms with E-state index in [4.69, 9.17) is 5.73 Å². The number of anilines is 2. The van der Waals surface area contributed by atoms with Gasteiger partial charge >= 0.3 is 0 Å². The molecule has 0 radical (unpaired) electrons. The van der Waals surface area contributed by atoms with Crippen LogP contribution in [-0.4, -0.2) is 5.91 Å². The van der Waals surface area contributed by atoms with E-state index < -0.39 is 28.8 Å². The van der Waals surface area contributed by atoms with E-state index >= 15 is 0 Å². The second-order valence-corrected chi connectivity index (χ2v) is 5.38. The zero-order valence-electron chi connectivity index (χ0n) is 11.2. The van der Waals surface area contributed by atoms with E-state index in [0.717, 1.165) is 22.2 Å². The summed E-state index contributed by atoms with van der Waals surface area (Å²) < 4.78 is 28.0. The van der Waals surface area contributed by atoms with Crippen molar-refractivity contribution in [3.63, 3.8) is 0 Å². The quantitative estimate of drug-likeness (QED) is 0.814. The first-order chi connectivity index (χ1) is 9.92. The molecule has 0 saturated carbocycles. The largest absolute Gasteiger partial charge is 0.396 e. The first-order valence-corrected chi connectivity index (χ1v) is 7.06. The van der Waals surface area contributed by atoms with E-state index in [0.29, 0.717) is 12.1 Å². The van der Waals surface area contributed by atoms with E-state index in [1.54, 1.807) is 12.1 Å². The number of halogens is 3. The van der Waals surface area contributed by atoms with Crippen LogP contribution in [0.2, 0.25) is 0 Å². The molecular formula is C15H13BrF2N2O. The van der Waals surface area contributed by atoms with Crippen molar-refractivity contribution >= 4 is 33.2 Å². The van der Waals surface area contributed by atoms with Crippen LogP contribution >= 0.6 is 15.9 Å². The van der Waals surface area contributed by atoms with Crippen LogP contribution in [0.25, 0.3) is 0 Å². The normalized spacial score (nSPS) is 10.5. The van der Waals surface area contributed by atoms with Gasteiger partial charge in [-0.1, -0.05) is 22.9 Å². The van der Waals surface area contributed by atoms with Crippen LogP contribution in [0.3, 0.4) is 0 Å². The monoisotopic (exact) mass is 354 g/mol. The average Bonchev–Trinajstić information content (AvgIpc) is 2.44. The molecule has 1 amide bonds. The molecule has 0 unspecified atom stereocenters. The molecule has 0 bridgehead atoms. The van der Waals surface area contributed by atoms with Crippen molar-refractivity contribution in [1.29, 1.82) is 0 Å². The second kappa shape index (κ2) is 6.22. The Labute approximate surface area is 129 Å². The second-order valence-electron chi connectivity index (χ2n) is 4.47. The molecule has 0 atom stereocenters. The van der Waals surface area contributed by atoms with E-state index in [1.807, 2.05) is 13.0 Å². The van der Waals surface area contributed by atoms with Gasteiger partial charge in [0.15, 0.2) is 5.82 Å². The summed E-state index contributed by atoms with van der Waals surface area (Å²) >= 11 is 3.34. The number of benzene rings is 2. The van der Waals surface area contributed by atoms with Crippen molar-refractivity contribution in [2.24, 2.45) is 0 Å². The number of hydrogen-bond acceptors (Lipinski definition) is 2. The van der Waals surface area contributed by atoms with Gasteiger partial charge in [0.2, 0.25) is 0 Å². The zero-order chi connectivity index (χ0) is 15.6. The number of carbonyl (C=O) groups is 1. The topological polar surface area (TPSA) is 55.1 Å². The van der Waals surface area contributed by atoms with Gasteiger partial charge in [0.05, 0.1) is 11.3 Å². The Balaban J connectivity index is 2.35. The summed E-state index contributed by atoms with van der Waals surface area (Å²) in [4.78, 5) is 12.1. The lowest BCUT2D eigenvalue weighted by atomic mass is 10.1.